The van der Waals surface area contributed by atoms with Gasteiger partial charge in [-0.3, -0.25) is 9.20 Å². The fourth-order valence-corrected chi connectivity index (χ4v) is 3.97. The number of halogens is 1. The molecule has 1 N–H and O–H groups in total. The van der Waals surface area contributed by atoms with Crippen LogP contribution in [0.1, 0.15) is 11.3 Å². The summed E-state index contributed by atoms with van der Waals surface area (Å²) in [5.74, 6) is 0.682. The van der Waals surface area contributed by atoms with Crippen molar-refractivity contribution in [3.8, 4) is 17.0 Å². The smallest absolute Gasteiger partial charge is 0.230 e. The van der Waals surface area contributed by atoms with Gasteiger partial charge < -0.3 is 10.1 Å². The number of imidazole rings is 1. The molecule has 0 unspecified atom stereocenters. The molecule has 2 heterocycles. The van der Waals surface area contributed by atoms with Crippen molar-refractivity contribution < 1.29 is 9.53 Å². The summed E-state index contributed by atoms with van der Waals surface area (Å²) < 4.78 is 7.25. The topological polar surface area (TPSA) is 55.6 Å². The highest BCUT2D eigenvalue weighted by Gasteiger charge is 2.13. The highest BCUT2D eigenvalue weighted by Crippen LogP contribution is 2.27. The molecular weight excluding hydrogens is 394 g/mol. The second kappa shape index (κ2) is 7.66. The maximum Gasteiger partial charge on any atom is 0.230 e. The van der Waals surface area contributed by atoms with Crippen LogP contribution in [-0.2, 0) is 11.2 Å². The van der Waals surface area contributed by atoms with E-state index in [0.717, 1.165) is 33.2 Å². The van der Waals surface area contributed by atoms with Crippen LogP contribution in [0.5, 0.6) is 5.75 Å². The summed E-state index contributed by atoms with van der Waals surface area (Å²) in [6, 6.07) is 13.3. The molecule has 2 aromatic heterocycles. The zero-order chi connectivity index (χ0) is 19.7. The van der Waals surface area contributed by atoms with Crippen LogP contribution in [0.15, 0.2) is 54.0 Å². The van der Waals surface area contributed by atoms with Gasteiger partial charge in [-0.2, -0.15) is 0 Å². The van der Waals surface area contributed by atoms with E-state index in [1.54, 1.807) is 13.2 Å². The molecule has 1 amide bonds. The standard InChI is InChI=1S/C21H18ClN3O2S/c1-13-6-7-15(9-18(13)22)23-20(26)10-16-12-28-21-24-19(11-25(16)21)14-4-3-5-17(8-14)27-2/h3-9,11-12H,10H2,1-2H3,(H,23,26). The maximum atomic E-state index is 12.5. The molecule has 0 bridgehead atoms. The van der Waals surface area contributed by atoms with E-state index in [0.29, 0.717) is 10.7 Å². The number of amides is 1. The Kier molecular flexibility index (Phi) is 5.07. The lowest BCUT2D eigenvalue weighted by atomic mass is 10.1. The molecule has 2 aromatic carbocycles. The van der Waals surface area contributed by atoms with Crippen molar-refractivity contribution in [1.82, 2.24) is 9.38 Å². The molecule has 7 heteroatoms. The number of carbonyl (C=O) groups is 1. The Labute approximate surface area is 171 Å². The Balaban J connectivity index is 1.55. The number of hydrogen-bond acceptors (Lipinski definition) is 4. The van der Waals surface area contributed by atoms with Crippen LogP contribution in [0.3, 0.4) is 0 Å². The summed E-state index contributed by atoms with van der Waals surface area (Å²) in [6.45, 7) is 1.93. The molecule has 4 rings (SSSR count). The minimum absolute atomic E-state index is 0.101. The van der Waals surface area contributed by atoms with Gasteiger partial charge in [0.1, 0.15) is 5.75 Å². The second-order valence-corrected chi connectivity index (χ2v) is 7.67. The Morgan fingerprint density at radius 2 is 2.14 bits per heavy atom. The van der Waals surface area contributed by atoms with Crippen molar-refractivity contribution >= 4 is 39.5 Å². The van der Waals surface area contributed by atoms with Gasteiger partial charge in [-0.25, -0.2) is 4.98 Å². The number of rotatable bonds is 5. The molecule has 142 valence electrons. The number of hydrogen-bond donors (Lipinski definition) is 1. The third-order valence-corrected chi connectivity index (χ3v) is 5.74. The number of nitrogens with zero attached hydrogens (tertiary/aromatic N) is 2. The molecule has 0 aliphatic heterocycles. The number of aromatic nitrogens is 2. The van der Waals surface area contributed by atoms with Crippen molar-refractivity contribution in [2.24, 2.45) is 0 Å². The number of benzene rings is 2. The molecule has 0 aliphatic carbocycles. The highest BCUT2D eigenvalue weighted by molar-refractivity contribution is 7.15. The molecule has 0 aliphatic rings. The summed E-state index contributed by atoms with van der Waals surface area (Å²) >= 11 is 7.64. The molecular formula is C21H18ClN3O2S. The first-order chi connectivity index (χ1) is 13.5. The van der Waals surface area contributed by atoms with Gasteiger partial charge in [0.2, 0.25) is 5.91 Å². The first kappa shape index (κ1) is 18.5. The quantitative estimate of drug-likeness (QED) is 0.490. The van der Waals surface area contributed by atoms with Gasteiger partial charge in [-0.1, -0.05) is 29.8 Å². The number of fused-ring (bicyclic) bond motifs is 1. The average molecular weight is 412 g/mol. The predicted octanol–water partition coefficient (Wildman–Crippen LogP) is 5.21. The summed E-state index contributed by atoms with van der Waals surface area (Å²) in [4.78, 5) is 18.0. The van der Waals surface area contributed by atoms with E-state index in [4.69, 9.17) is 16.3 Å². The molecule has 5 nitrogen and oxygen atoms in total. The number of nitrogens with one attached hydrogen (secondary N) is 1. The summed E-state index contributed by atoms with van der Waals surface area (Å²) in [5, 5.41) is 5.49. The Morgan fingerprint density at radius 3 is 2.93 bits per heavy atom. The molecule has 0 radical (unpaired) electrons. The largest absolute Gasteiger partial charge is 0.497 e. The lowest BCUT2D eigenvalue weighted by molar-refractivity contribution is -0.115. The molecule has 0 saturated heterocycles. The SMILES string of the molecule is COc1cccc(-c2cn3c(CC(=O)Nc4ccc(C)c(Cl)c4)csc3n2)c1. The Bertz CT molecular complexity index is 1170. The first-order valence-electron chi connectivity index (χ1n) is 8.69. The van der Waals surface area contributed by atoms with Gasteiger partial charge in [0.05, 0.1) is 19.2 Å². The minimum atomic E-state index is -0.101. The number of carbonyl (C=O) groups excluding carboxylic acids is 1. The zero-order valence-electron chi connectivity index (χ0n) is 15.4. The predicted molar refractivity (Wildman–Crippen MR) is 114 cm³/mol. The van der Waals surface area contributed by atoms with Crippen LogP contribution in [0.2, 0.25) is 5.02 Å². The van der Waals surface area contributed by atoms with Gasteiger partial charge in [0.25, 0.3) is 0 Å². The van der Waals surface area contributed by atoms with Crippen molar-refractivity contribution in [2.75, 3.05) is 12.4 Å². The molecule has 0 saturated carbocycles. The third kappa shape index (κ3) is 3.74. The van der Waals surface area contributed by atoms with Gasteiger partial charge in [0, 0.05) is 33.5 Å². The average Bonchev–Trinajstić information content (AvgIpc) is 3.27. The molecule has 0 fully saturated rings. The van der Waals surface area contributed by atoms with E-state index in [1.165, 1.54) is 11.3 Å². The zero-order valence-corrected chi connectivity index (χ0v) is 17.0. The van der Waals surface area contributed by atoms with Gasteiger partial charge in [0.15, 0.2) is 4.96 Å². The van der Waals surface area contributed by atoms with Crippen molar-refractivity contribution in [3.63, 3.8) is 0 Å². The third-order valence-electron chi connectivity index (χ3n) is 4.45. The van der Waals surface area contributed by atoms with Crippen molar-refractivity contribution in [2.45, 2.75) is 13.3 Å². The second-order valence-electron chi connectivity index (χ2n) is 6.43. The number of ether oxygens (including phenoxy) is 1. The van der Waals surface area contributed by atoms with Crippen LogP contribution >= 0.6 is 22.9 Å². The number of anilines is 1. The Hall–Kier alpha value is -2.83. The van der Waals surface area contributed by atoms with Crippen LogP contribution in [-0.4, -0.2) is 22.4 Å². The van der Waals surface area contributed by atoms with E-state index in [1.807, 2.05) is 59.3 Å². The van der Waals surface area contributed by atoms with E-state index < -0.39 is 0 Å². The Morgan fingerprint density at radius 1 is 1.29 bits per heavy atom. The van der Waals surface area contributed by atoms with E-state index >= 15 is 0 Å². The van der Waals surface area contributed by atoms with Gasteiger partial charge >= 0.3 is 0 Å². The van der Waals surface area contributed by atoms with Crippen molar-refractivity contribution in [3.05, 3.63) is 70.3 Å². The minimum Gasteiger partial charge on any atom is -0.497 e. The molecule has 0 atom stereocenters. The van der Waals surface area contributed by atoms with Crippen LogP contribution in [0.25, 0.3) is 16.2 Å². The molecule has 28 heavy (non-hydrogen) atoms. The molecule has 4 aromatic rings. The summed E-state index contributed by atoms with van der Waals surface area (Å²) in [6.07, 6.45) is 2.20. The number of thiazole rings is 1. The van der Waals surface area contributed by atoms with Crippen LogP contribution < -0.4 is 10.1 Å². The normalized spacial score (nSPS) is 11.0. The summed E-state index contributed by atoms with van der Waals surface area (Å²) in [5.41, 5.74) is 4.37. The fraction of sp³-hybridized carbons (Fsp3) is 0.143. The van der Waals surface area contributed by atoms with E-state index in [-0.39, 0.29) is 12.3 Å². The lowest BCUT2D eigenvalue weighted by Crippen LogP contribution is -2.15. The van der Waals surface area contributed by atoms with Crippen molar-refractivity contribution in [1.29, 1.82) is 0 Å². The number of aryl methyl sites for hydroxylation is 1. The monoisotopic (exact) mass is 411 g/mol. The van der Waals surface area contributed by atoms with Gasteiger partial charge in [-0.05, 0) is 36.8 Å². The first-order valence-corrected chi connectivity index (χ1v) is 9.95. The van der Waals surface area contributed by atoms with Gasteiger partial charge in [-0.15, -0.1) is 11.3 Å². The fourth-order valence-electron chi connectivity index (χ4n) is 2.92. The van der Waals surface area contributed by atoms with E-state index in [9.17, 15) is 4.79 Å². The van der Waals surface area contributed by atoms with Crippen LogP contribution in [0, 0.1) is 6.92 Å². The van der Waals surface area contributed by atoms with Crippen LogP contribution in [0.4, 0.5) is 5.69 Å². The number of methoxy groups -OCH3 is 1. The maximum absolute atomic E-state index is 12.5. The summed E-state index contributed by atoms with van der Waals surface area (Å²) in [7, 11) is 1.64. The highest BCUT2D eigenvalue weighted by atomic mass is 35.5. The molecule has 0 spiro atoms. The van der Waals surface area contributed by atoms with E-state index in [2.05, 4.69) is 10.3 Å². The lowest BCUT2D eigenvalue weighted by Gasteiger charge is -2.06.